The van der Waals surface area contributed by atoms with Gasteiger partial charge in [-0.05, 0) is 43.1 Å². The first-order valence-corrected chi connectivity index (χ1v) is 16.0. The maximum Gasteiger partial charge on any atom is 0.235 e. The molecular formula is C29H35N3O10S2. The Morgan fingerprint density at radius 2 is 1.61 bits per heavy atom. The van der Waals surface area contributed by atoms with E-state index in [1.54, 1.807) is 20.8 Å². The maximum absolute atomic E-state index is 14.1. The van der Waals surface area contributed by atoms with Crippen LogP contribution in [0.5, 0.6) is 5.75 Å². The van der Waals surface area contributed by atoms with Crippen LogP contribution in [0.3, 0.4) is 0 Å². The molecule has 1 amide bonds. The fraction of sp³-hybridized carbons (Fsp3) is 0.552. The van der Waals surface area contributed by atoms with E-state index in [-0.39, 0.29) is 16.8 Å². The number of phenolic OH excluding ortho intramolecular Hbond substituents is 1. The van der Waals surface area contributed by atoms with Gasteiger partial charge in [0.2, 0.25) is 16.1 Å². The molecule has 0 saturated heterocycles. The number of hydrogen-bond acceptors (Lipinski definition) is 14. The molecule has 4 rings (SSSR count). The number of primary amides is 1. The lowest BCUT2D eigenvalue weighted by Gasteiger charge is -2.56. The predicted octanol–water partition coefficient (Wildman–Crippen LogP) is -0.261. The number of nitrogens with one attached hydrogen (secondary N) is 1. The van der Waals surface area contributed by atoms with E-state index in [0.717, 1.165) is 23.5 Å². The van der Waals surface area contributed by atoms with Gasteiger partial charge < -0.3 is 26.4 Å². The second kappa shape index (κ2) is 12.4. The van der Waals surface area contributed by atoms with E-state index in [4.69, 9.17) is 5.73 Å². The van der Waals surface area contributed by atoms with Crippen LogP contribution in [0.4, 0.5) is 5.69 Å². The largest absolute Gasteiger partial charge is 0.505 e. The molecule has 3 aliphatic carbocycles. The quantitative estimate of drug-likeness (QED) is 0.181. The van der Waals surface area contributed by atoms with Crippen molar-refractivity contribution < 1.29 is 48.9 Å². The van der Waals surface area contributed by atoms with Gasteiger partial charge in [-0.15, -0.1) is 0 Å². The number of fused-ring (bicyclic) bond motifs is 3. The molecular weight excluding hydrogens is 614 g/mol. The first kappa shape index (κ1) is 33.8. The summed E-state index contributed by atoms with van der Waals surface area (Å²) in [6.07, 6.45) is -1.75. The summed E-state index contributed by atoms with van der Waals surface area (Å²) in [5.41, 5.74) is 1.98. The van der Waals surface area contributed by atoms with Crippen molar-refractivity contribution in [1.29, 1.82) is 0 Å². The van der Waals surface area contributed by atoms with Gasteiger partial charge in [0.15, 0.2) is 40.7 Å². The number of Topliss-reactive ketones (excluding diaryl/α,β-unsaturated/α-hetero) is 4. The number of ketones is 4. The maximum atomic E-state index is 14.1. The van der Waals surface area contributed by atoms with Gasteiger partial charge in [-0.2, -0.15) is 0 Å². The number of hydrogen-bond donors (Lipinski definition) is 5. The number of aliphatic hydroxyl groups excluding tert-OH is 1. The fourth-order valence-corrected chi connectivity index (χ4v) is 8.24. The number of amides is 1. The Kier molecular flexibility index (Phi) is 9.48. The van der Waals surface area contributed by atoms with Crippen LogP contribution in [0.15, 0.2) is 12.1 Å². The number of aliphatic hydroxyl groups is 2. The molecule has 0 aliphatic heterocycles. The lowest BCUT2D eigenvalue weighted by Crippen LogP contribution is -2.77. The summed E-state index contributed by atoms with van der Waals surface area (Å²) >= 11 is 1.80. The second-order valence-corrected chi connectivity index (χ2v) is 13.9. The van der Waals surface area contributed by atoms with E-state index in [9.17, 15) is 48.9 Å². The number of thioether (sulfide) groups is 2. The van der Waals surface area contributed by atoms with Crippen molar-refractivity contribution in [2.24, 2.45) is 29.4 Å². The van der Waals surface area contributed by atoms with Crippen LogP contribution >= 0.6 is 23.5 Å². The number of rotatable bonds is 8. The first-order valence-electron chi connectivity index (χ1n) is 14.1. The van der Waals surface area contributed by atoms with Gasteiger partial charge in [0.25, 0.3) is 0 Å². The third-order valence-corrected chi connectivity index (χ3v) is 10.5. The van der Waals surface area contributed by atoms with Crippen molar-refractivity contribution in [2.75, 3.05) is 30.9 Å². The van der Waals surface area contributed by atoms with Crippen LogP contribution in [0, 0.1) is 23.7 Å². The van der Waals surface area contributed by atoms with E-state index in [2.05, 4.69) is 5.32 Å². The Labute approximate surface area is 261 Å². The number of aromatic hydroxyl groups is 1. The Morgan fingerprint density at radius 1 is 1.05 bits per heavy atom. The zero-order chi connectivity index (χ0) is 33.0. The average Bonchev–Trinajstić information content (AvgIpc) is 2.94. The van der Waals surface area contributed by atoms with Gasteiger partial charge in [0.1, 0.15) is 5.75 Å². The summed E-state index contributed by atoms with van der Waals surface area (Å²) in [4.78, 5) is 93.8. The van der Waals surface area contributed by atoms with Crippen molar-refractivity contribution in [1.82, 2.24) is 4.90 Å². The van der Waals surface area contributed by atoms with E-state index in [0.29, 0.717) is 11.5 Å². The number of anilines is 1. The predicted molar refractivity (Wildman–Crippen MR) is 161 cm³/mol. The van der Waals surface area contributed by atoms with Crippen molar-refractivity contribution in [2.45, 2.75) is 50.5 Å². The Balaban J connectivity index is 1.84. The van der Waals surface area contributed by atoms with Gasteiger partial charge >= 0.3 is 0 Å². The van der Waals surface area contributed by atoms with Gasteiger partial charge in [0, 0.05) is 5.92 Å². The number of carbonyl (C=O) groups is 7. The molecule has 0 bridgehead atoms. The van der Waals surface area contributed by atoms with Crippen LogP contribution < -0.4 is 11.1 Å². The van der Waals surface area contributed by atoms with Crippen molar-refractivity contribution >= 4 is 68.5 Å². The molecule has 0 radical (unpaired) electrons. The summed E-state index contributed by atoms with van der Waals surface area (Å²) in [6.45, 7) is 5.06. The van der Waals surface area contributed by atoms with E-state index in [1.807, 2.05) is 0 Å². The standard InChI is InChI=1S/C29H35N3O10S2/c1-6-43-27(40)18(28(41)44-7-2)31-12-9-8-11-10(3)13-15(21(34)14(11)20(12)33)24(37)29(42)17(22(13)35)19(32(4)5)23(36)16(25(29)38)26(30)39/h8-10,13,15-19,22,31,33,35,42H,6-7H2,1-5H3,(H2,30,39)/t10-,13+,15?,16?,17+,19-,22-,29-/m0/s1. The Bertz CT molecular complexity index is 1450. The molecule has 0 heterocycles. The molecule has 15 heteroatoms. The highest BCUT2D eigenvalue weighted by molar-refractivity contribution is 8.16. The third kappa shape index (κ3) is 4.98. The van der Waals surface area contributed by atoms with Crippen LogP contribution in [0.1, 0.15) is 42.6 Å². The number of likely N-dealkylation sites (N-methyl/N-ethyl adjacent to an activating group) is 1. The highest BCUT2D eigenvalue weighted by Gasteiger charge is 2.72. The Morgan fingerprint density at radius 3 is 2.11 bits per heavy atom. The third-order valence-electron chi connectivity index (χ3n) is 8.83. The van der Waals surface area contributed by atoms with Gasteiger partial charge in [-0.1, -0.05) is 50.4 Å². The number of phenols is 1. The monoisotopic (exact) mass is 649 g/mol. The molecule has 1 aromatic rings. The molecule has 13 nitrogen and oxygen atoms in total. The lowest BCUT2D eigenvalue weighted by molar-refractivity contribution is -0.196. The van der Waals surface area contributed by atoms with E-state index >= 15 is 0 Å². The molecule has 6 N–H and O–H groups in total. The smallest absolute Gasteiger partial charge is 0.235 e. The average molecular weight is 650 g/mol. The SMILES string of the molecule is CCSC(=O)C(Nc1ccc2c(c1O)C(=O)C1C(=O)[C@]3(O)C(=O)C(C(N)=O)C(=O)[C@@H](N(C)C)[C@@H]3[C@@H](O)[C@@H]1[C@H]2C)C(=O)SCC. The number of nitrogens with zero attached hydrogens (tertiary/aromatic N) is 1. The molecule has 0 spiro atoms. The molecule has 2 fully saturated rings. The van der Waals surface area contributed by atoms with Gasteiger partial charge in [-0.25, -0.2) is 0 Å². The van der Waals surface area contributed by atoms with Crippen LogP contribution in [-0.4, -0.2) is 109 Å². The van der Waals surface area contributed by atoms with Crippen molar-refractivity contribution in [3.63, 3.8) is 0 Å². The lowest BCUT2D eigenvalue weighted by atomic mass is 9.49. The van der Waals surface area contributed by atoms with Crippen LogP contribution in [0.25, 0.3) is 0 Å². The highest BCUT2D eigenvalue weighted by atomic mass is 32.2. The first-order chi connectivity index (χ1) is 20.6. The molecule has 1 aromatic carbocycles. The normalized spacial score (nSPS) is 31.4. The fourth-order valence-electron chi connectivity index (χ4n) is 6.93. The summed E-state index contributed by atoms with van der Waals surface area (Å²) in [7, 11) is 2.83. The highest BCUT2D eigenvalue weighted by Crippen LogP contribution is 2.55. The number of nitrogens with two attached hydrogens (primary N) is 1. The summed E-state index contributed by atoms with van der Waals surface area (Å²) in [5, 5.41) is 36.5. The molecule has 44 heavy (non-hydrogen) atoms. The minimum atomic E-state index is -3.11. The topological polar surface area (TPSA) is 221 Å². The zero-order valence-electron chi connectivity index (χ0n) is 24.7. The summed E-state index contributed by atoms with van der Waals surface area (Å²) in [5.74, 6) is -13.8. The zero-order valence-corrected chi connectivity index (χ0v) is 26.4. The van der Waals surface area contributed by atoms with Crippen LogP contribution in [0.2, 0.25) is 0 Å². The number of carbonyl (C=O) groups excluding carboxylic acids is 7. The van der Waals surface area contributed by atoms with Crippen molar-refractivity contribution in [3.8, 4) is 5.75 Å². The second-order valence-electron chi connectivity index (χ2n) is 11.4. The van der Waals surface area contributed by atoms with Gasteiger partial charge in [0.05, 0.1) is 35.2 Å². The molecule has 3 aliphatic rings. The van der Waals surface area contributed by atoms with Gasteiger partial charge in [-0.3, -0.25) is 38.5 Å². The van der Waals surface area contributed by atoms with E-state index in [1.165, 1.54) is 31.1 Å². The van der Waals surface area contributed by atoms with E-state index < -0.39 is 98.4 Å². The van der Waals surface area contributed by atoms with Crippen LogP contribution in [-0.2, 0) is 28.8 Å². The molecule has 238 valence electrons. The molecule has 2 unspecified atom stereocenters. The molecule has 8 atom stereocenters. The Hall–Kier alpha value is -3.11. The summed E-state index contributed by atoms with van der Waals surface area (Å²) in [6, 6.07) is 0.0143. The minimum Gasteiger partial charge on any atom is -0.505 e. The summed E-state index contributed by atoms with van der Waals surface area (Å²) < 4.78 is 0. The molecule has 2 saturated carbocycles. The molecule has 0 aromatic heterocycles. The number of benzene rings is 1. The van der Waals surface area contributed by atoms with Crippen molar-refractivity contribution in [3.05, 3.63) is 23.3 Å². The minimum absolute atomic E-state index is 0.135.